The van der Waals surface area contributed by atoms with Gasteiger partial charge >= 0.3 is 0 Å². The molecule has 1 aliphatic rings. The van der Waals surface area contributed by atoms with E-state index in [1.807, 2.05) is 36.4 Å². The topological polar surface area (TPSA) is 55.8 Å². The third-order valence-corrected chi connectivity index (χ3v) is 3.58. The predicted octanol–water partition coefficient (Wildman–Crippen LogP) is 3.24. The number of rotatable bonds is 4. The lowest BCUT2D eigenvalue weighted by Crippen LogP contribution is -2.16. The lowest BCUT2D eigenvalue weighted by Gasteiger charge is -2.11. The van der Waals surface area contributed by atoms with Gasteiger partial charge in [0.25, 0.3) is 0 Å². The van der Waals surface area contributed by atoms with E-state index >= 15 is 0 Å². The predicted molar refractivity (Wildman–Crippen MR) is 82.3 cm³/mol. The molecule has 0 bridgehead atoms. The molecule has 0 spiro atoms. The summed E-state index contributed by atoms with van der Waals surface area (Å²) in [6, 6.07) is 15.9. The van der Waals surface area contributed by atoms with Crippen LogP contribution in [0.5, 0.6) is 5.75 Å². The summed E-state index contributed by atoms with van der Waals surface area (Å²) in [7, 11) is 0. The molecule has 4 nitrogen and oxygen atoms in total. The Hall–Kier alpha value is -2.43. The minimum atomic E-state index is -0.0958. The van der Waals surface area contributed by atoms with Crippen molar-refractivity contribution < 1.29 is 19.7 Å². The quantitative estimate of drug-likeness (QED) is 0.534. The average molecular weight is 296 g/mol. The third-order valence-electron chi connectivity index (χ3n) is 3.58. The summed E-state index contributed by atoms with van der Waals surface area (Å²) in [6.45, 7) is 0.727. The van der Waals surface area contributed by atoms with Crippen molar-refractivity contribution in [3.05, 3.63) is 71.3 Å². The normalized spacial score (nSPS) is 15.9. The molecule has 0 amide bonds. The fourth-order valence-electron chi connectivity index (χ4n) is 2.37. The Labute approximate surface area is 128 Å². The van der Waals surface area contributed by atoms with Crippen LogP contribution in [0.2, 0.25) is 0 Å². The van der Waals surface area contributed by atoms with Crippen molar-refractivity contribution >= 4 is 11.9 Å². The van der Waals surface area contributed by atoms with Crippen LogP contribution in [0.4, 0.5) is 0 Å². The van der Waals surface area contributed by atoms with Gasteiger partial charge in [-0.15, -0.1) is 0 Å². The zero-order valence-corrected chi connectivity index (χ0v) is 11.9. The van der Waals surface area contributed by atoms with E-state index in [0.29, 0.717) is 24.4 Å². The molecule has 2 aromatic carbocycles. The molecule has 3 rings (SSSR count). The number of phenolic OH excluding ortho intramolecular Hbond substituents is 1. The van der Waals surface area contributed by atoms with Crippen molar-refractivity contribution in [1.82, 2.24) is 0 Å². The molecule has 0 aliphatic carbocycles. The molecule has 22 heavy (non-hydrogen) atoms. The molecule has 0 unspecified atom stereocenters. The Morgan fingerprint density at radius 2 is 1.64 bits per heavy atom. The molecular weight excluding hydrogens is 280 g/mol. The molecule has 2 aromatic rings. The fraction of sp³-hybridized carbons (Fsp3) is 0.167. The van der Waals surface area contributed by atoms with Gasteiger partial charge in [-0.25, -0.2) is 9.78 Å². The second kappa shape index (κ2) is 6.56. The molecule has 1 saturated heterocycles. The first kappa shape index (κ1) is 14.5. The van der Waals surface area contributed by atoms with E-state index in [1.165, 1.54) is 12.1 Å². The number of carbonyl (C=O) groups is 1. The van der Waals surface area contributed by atoms with Crippen LogP contribution in [0.3, 0.4) is 0 Å². The highest BCUT2D eigenvalue weighted by molar-refractivity contribution is 6.11. The van der Waals surface area contributed by atoms with Gasteiger partial charge in [-0.1, -0.05) is 30.3 Å². The Bertz CT molecular complexity index is 668. The van der Waals surface area contributed by atoms with Gasteiger partial charge in [-0.3, -0.25) is 4.79 Å². The zero-order valence-electron chi connectivity index (χ0n) is 11.9. The van der Waals surface area contributed by atoms with Crippen LogP contribution < -0.4 is 0 Å². The lowest BCUT2D eigenvalue weighted by molar-refractivity contribution is -0.248. The second-order valence-corrected chi connectivity index (χ2v) is 5.15. The summed E-state index contributed by atoms with van der Waals surface area (Å²) in [6.07, 6.45) is 1.87. The maximum atomic E-state index is 12.8. The van der Waals surface area contributed by atoms with Crippen LogP contribution >= 0.6 is 0 Å². The number of phenols is 1. The number of Topliss-reactive ketones (excluding diaryl/α,β-unsaturated/α-hetero) is 1. The smallest absolute Gasteiger partial charge is 0.189 e. The Morgan fingerprint density at radius 1 is 1.00 bits per heavy atom. The van der Waals surface area contributed by atoms with E-state index in [9.17, 15) is 9.90 Å². The first-order valence-electron chi connectivity index (χ1n) is 7.09. The van der Waals surface area contributed by atoms with E-state index < -0.39 is 0 Å². The van der Waals surface area contributed by atoms with Gasteiger partial charge in [0.1, 0.15) is 5.75 Å². The van der Waals surface area contributed by atoms with Crippen molar-refractivity contribution in [2.75, 3.05) is 13.2 Å². The monoisotopic (exact) mass is 296 g/mol. The van der Waals surface area contributed by atoms with E-state index in [4.69, 9.17) is 9.78 Å². The molecule has 0 atom stereocenters. The van der Waals surface area contributed by atoms with E-state index in [-0.39, 0.29) is 17.5 Å². The zero-order chi connectivity index (χ0) is 15.4. The van der Waals surface area contributed by atoms with Gasteiger partial charge in [0.2, 0.25) is 0 Å². The van der Waals surface area contributed by atoms with Crippen LogP contribution in [-0.4, -0.2) is 24.1 Å². The number of hydrogen-bond acceptors (Lipinski definition) is 4. The summed E-state index contributed by atoms with van der Waals surface area (Å²) in [5, 5.41) is 9.36. The fourth-order valence-corrected chi connectivity index (χ4v) is 2.37. The van der Waals surface area contributed by atoms with Crippen molar-refractivity contribution in [1.29, 1.82) is 0 Å². The maximum Gasteiger partial charge on any atom is 0.189 e. The standard InChI is InChI=1S/C18H16O4/c19-16-8-6-14(7-9-16)18(20)17(15-11-21-22-12-15)10-13-4-2-1-3-5-13/h1-10,15,19H,11-12H2. The summed E-state index contributed by atoms with van der Waals surface area (Å²) in [4.78, 5) is 22.7. The van der Waals surface area contributed by atoms with Gasteiger partial charge in [0.05, 0.1) is 13.2 Å². The number of benzene rings is 2. The third kappa shape index (κ3) is 3.24. The summed E-state index contributed by atoms with van der Waals surface area (Å²) < 4.78 is 0. The highest BCUT2D eigenvalue weighted by Gasteiger charge is 2.27. The molecule has 4 heteroatoms. The summed E-state index contributed by atoms with van der Waals surface area (Å²) in [5.41, 5.74) is 2.14. The lowest BCUT2D eigenvalue weighted by atomic mass is 9.91. The largest absolute Gasteiger partial charge is 0.508 e. The number of carbonyl (C=O) groups excluding carboxylic acids is 1. The van der Waals surface area contributed by atoms with E-state index in [0.717, 1.165) is 5.56 Å². The molecule has 112 valence electrons. The van der Waals surface area contributed by atoms with Crippen LogP contribution in [0.1, 0.15) is 15.9 Å². The molecular formula is C18H16O4. The first-order valence-corrected chi connectivity index (χ1v) is 7.09. The van der Waals surface area contributed by atoms with Crippen LogP contribution in [0, 0.1) is 5.92 Å². The highest BCUT2D eigenvalue weighted by Crippen LogP contribution is 2.25. The van der Waals surface area contributed by atoms with Gasteiger partial charge < -0.3 is 5.11 Å². The highest BCUT2D eigenvalue weighted by atomic mass is 17.2. The first-order chi connectivity index (χ1) is 10.7. The molecule has 1 fully saturated rings. The Kier molecular flexibility index (Phi) is 4.32. The van der Waals surface area contributed by atoms with Gasteiger partial charge in [-0.2, -0.15) is 0 Å². The minimum absolute atomic E-state index is 0.0806. The van der Waals surface area contributed by atoms with Crippen LogP contribution in [0.25, 0.3) is 6.08 Å². The van der Waals surface area contributed by atoms with Gasteiger partial charge in [-0.05, 0) is 35.9 Å². The Balaban J connectivity index is 1.96. The molecule has 1 aliphatic heterocycles. The van der Waals surface area contributed by atoms with E-state index in [1.54, 1.807) is 12.1 Å². The van der Waals surface area contributed by atoms with Crippen molar-refractivity contribution in [3.63, 3.8) is 0 Å². The average Bonchev–Trinajstić information content (AvgIpc) is 3.08. The second-order valence-electron chi connectivity index (χ2n) is 5.15. The van der Waals surface area contributed by atoms with Gasteiger partial charge in [0, 0.05) is 17.1 Å². The molecule has 1 heterocycles. The van der Waals surface area contributed by atoms with Gasteiger partial charge in [0.15, 0.2) is 5.78 Å². The Morgan fingerprint density at radius 3 is 2.27 bits per heavy atom. The van der Waals surface area contributed by atoms with Crippen molar-refractivity contribution in [3.8, 4) is 5.75 Å². The van der Waals surface area contributed by atoms with E-state index in [2.05, 4.69) is 0 Å². The summed E-state index contributed by atoms with van der Waals surface area (Å²) >= 11 is 0. The molecule has 0 radical (unpaired) electrons. The maximum absolute atomic E-state index is 12.8. The number of aromatic hydroxyl groups is 1. The van der Waals surface area contributed by atoms with Crippen molar-refractivity contribution in [2.45, 2.75) is 0 Å². The van der Waals surface area contributed by atoms with Crippen molar-refractivity contribution in [2.24, 2.45) is 5.92 Å². The minimum Gasteiger partial charge on any atom is -0.508 e. The molecule has 0 saturated carbocycles. The summed E-state index contributed by atoms with van der Waals surface area (Å²) in [5.74, 6) is -0.0397. The number of ketones is 1. The molecule has 0 aromatic heterocycles. The SMILES string of the molecule is O=C(C(=Cc1ccccc1)C1COOC1)c1ccc(O)cc1. The van der Waals surface area contributed by atoms with Crippen LogP contribution in [0.15, 0.2) is 60.2 Å². The number of hydrogen-bond donors (Lipinski definition) is 1. The molecule has 1 N–H and O–H groups in total. The van der Waals surface area contributed by atoms with Crippen LogP contribution in [-0.2, 0) is 9.78 Å².